The van der Waals surface area contributed by atoms with E-state index in [1.165, 1.54) is 0 Å². The molecule has 0 aliphatic rings. The molecular weight excluding hydrogens is 151 g/mol. The highest BCUT2D eigenvalue weighted by Crippen LogP contribution is 2.12. The van der Waals surface area contributed by atoms with Crippen LogP contribution >= 0.6 is 0 Å². The van der Waals surface area contributed by atoms with Gasteiger partial charge in [0, 0.05) is 6.42 Å². The Hall–Kier alpha value is -0.870. The minimum Gasteiger partial charge on any atom is -0.466 e. The van der Waals surface area contributed by atoms with E-state index in [1.807, 2.05) is 0 Å². The van der Waals surface area contributed by atoms with Gasteiger partial charge in [-0.05, 0) is 6.08 Å². The molecule has 0 aromatic carbocycles. The second-order valence-electron chi connectivity index (χ2n) is 1.72. The van der Waals surface area contributed by atoms with E-state index in [1.54, 1.807) is 6.92 Å². The molecule has 0 heterocycles. The molecule has 0 fully saturated rings. The molecule has 0 aliphatic heterocycles. The summed E-state index contributed by atoms with van der Waals surface area (Å²) >= 11 is 0. The van der Waals surface area contributed by atoms with Crippen molar-refractivity contribution in [3.8, 4) is 0 Å². The third kappa shape index (κ3) is 3.75. The average molecular weight is 162 g/mol. The molecule has 0 radical (unpaired) electrons. The van der Waals surface area contributed by atoms with Crippen molar-refractivity contribution in [2.75, 3.05) is 6.79 Å². The van der Waals surface area contributed by atoms with Crippen LogP contribution in [0.4, 0.5) is 4.39 Å². The largest absolute Gasteiger partial charge is 0.466 e. The summed E-state index contributed by atoms with van der Waals surface area (Å²) < 4.78 is 17.3. The Morgan fingerprint density at radius 1 is 1.73 bits per heavy atom. The van der Waals surface area contributed by atoms with Crippen LogP contribution in [0.5, 0.6) is 0 Å². The van der Waals surface area contributed by atoms with Gasteiger partial charge < -0.3 is 4.74 Å². The molecule has 0 bridgehead atoms. The Morgan fingerprint density at radius 2 is 2.36 bits per heavy atom. The molecule has 0 rings (SSSR count). The highest BCUT2D eigenvalue weighted by Gasteiger charge is 2.01. The zero-order valence-corrected chi connectivity index (χ0v) is 6.34. The van der Waals surface area contributed by atoms with Gasteiger partial charge in [-0.25, -0.2) is 9.65 Å². The maximum absolute atomic E-state index is 12.6. The van der Waals surface area contributed by atoms with E-state index in [2.05, 4.69) is 16.2 Å². The molecule has 0 saturated heterocycles. The van der Waals surface area contributed by atoms with E-state index in [0.717, 1.165) is 6.08 Å². The molecule has 0 aliphatic carbocycles. The third-order valence-corrected chi connectivity index (χ3v) is 1.05. The number of allylic oxidation sites excluding steroid dienone is 3. The Bertz CT molecular complexity index is 154. The molecule has 64 valence electrons. The van der Waals surface area contributed by atoms with E-state index in [0.29, 0.717) is 6.42 Å². The topological polar surface area (TPSA) is 38.7 Å². The number of halogens is 1. The van der Waals surface area contributed by atoms with E-state index in [4.69, 9.17) is 5.26 Å². The average Bonchev–Trinajstić information content (AvgIpc) is 2.05. The quantitative estimate of drug-likeness (QED) is 0.221. The van der Waals surface area contributed by atoms with Gasteiger partial charge in [0.2, 0.25) is 6.79 Å². The van der Waals surface area contributed by atoms with Gasteiger partial charge in [0.15, 0.2) is 5.83 Å². The molecule has 0 aromatic heterocycles. The molecule has 0 aromatic rings. The molecule has 1 N–H and O–H groups in total. The van der Waals surface area contributed by atoms with Crippen LogP contribution in [-0.4, -0.2) is 12.1 Å². The molecule has 0 saturated carbocycles. The summed E-state index contributed by atoms with van der Waals surface area (Å²) in [5, 5.41) is 7.87. The van der Waals surface area contributed by atoms with Crippen LogP contribution in [0.2, 0.25) is 0 Å². The van der Waals surface area contributed by atoms with E-state index < -0.39 is 5.83 Å². The molecule has 0 spiro atoms. The Kier molecular flexibility index (Phi) is 5.42. The molecule has 0 atom stereocenters. The van der Waals surface area contributed by atoms with Gasteiger partial charge in [0.25, 0.3) is 0 Å². The second-order valence-corrected chi connectivity index (χ2v) is 1.72. The Morgan fingerprint density at radius 3 is 2.73 bits per heavy atom. The Labute approximate surface area is 64.7 Å². The molecule has 4 heteroatoms. The van der Waals surface area contributed by atoms with Crippen molar-refractivity contribution in [1.29, 1.82) is 0 Å². The molecule has 0 unspecified atom stereocenters. The van der Waals surface area contributed by atoms with Crippen LogP contribution in [0.25, 0.3) is 0 Å². The van der Waals surface area contributed by atoms with Crippen molar-refractivity contribution in [2.24, 2.45) is 0 Å². The summed E-state index contributed by atoms with van der Waals surface area (Å²) in [6.45, 7) is 4.57. The summed E-state index contributed by atoms with van der Waals surface area (Å²) in [5.41, 5.74) is 0. The maximum Gasteiger partial charge on any atom is 0.220 e. The lowest BCUT2D eigenvalue weighted by molar-refractivity contribution is -0.289. The standard InChI is InChI=1S/C7H11FO3/c1-3-6(8)7(4-2)10-5-11-9/h3,9H,1,4-5H2,2H3/b7-6-. The fourth-order valence-electron chi connectivity index (χ4n) is 0.551. The van der Waals surface area contributed by atoms with Crippen molar-refractivity contribution in [1.82, 2.24) is 0 Å². The first kappa shape index (κ1) is 10.1. The number of hydrogen-bond donors (Lipinski definition) is 1. The normalized spacial score (nSPS) is 12.3. The van der Waals surface area contributed by atoms with E-state index in [-0.39, 0.29) is 12.6 Å². The van der Waals surface area contributed by atoms with Crippen molar-refractivity contribution in [3.05, 3.63) is 24.2 Å². The van der Waals surface area contributed by atoms with Gasteiger partial charge in [-0.3, -0.25) is 0 Å². The molecule has 11 heavy (non-hydrogen) atoms. The summed E-state index contributed by atoms with van der Waals surface area (Å²) in [6.07, 6.45) is 1.43. The first-order valence-corrected chi connectivity index (χ1v) is 3.16. The van der Waals surface area contributed by atoms with Gasteiger partial charge in [-0.2, -0.15) is 4.89 Å². The summed E-state index contributed by atoms with van der Waals surface area (Å²) in [7, 11) is 0. The van der Waals surface area contributed by atoms with Crippen LogP contribution in [-0.2, 0) is 9.62 Å². The number of ether oxygens (including phenoxy) is 1. The van der Waals surface area contributed by atoms with Crippen LogP contribution in [0.15, 0.2) is 24.2 Å². The van der Waals surface area contributed by atoms with E-state index in [9.17, 15) is 4.39 Å². The Balaban J connectivity index is 4.03. The summed E-state index contributed by atoms with van der Waals surface area (Å²) in [6, 6.07) is 0. The van der Waals surface area contributed by atoms with E-state index >= 15 is 0 Å². The monoisotopic (exact) mass is 162 g/mol. The predicted molar refractivity (Wildman–Crippen MR) is 38.3 cm³/mol. The van der Waals surface area contributed by atoms with Gasteiger partial charge >= 0.3 is 0 Å². The fourth-order valence-corrected chi connectivity index (χ4v) is 0.551. The van der Waals surface area contributed by atoms with Crippen LogP contribution in [0.1, 0.15) is 13.3 Å². The summed E-state index contributed by atoms with van der Waals surface area (Å²) in [4.78, 5) is 3.61. The van der Waals surface area contributed by atoms with Crippen LogP contribution < -0.4 is 0 Å². The predicted octanol–water partition coefficient (Wildman–Crippen LogP) is 2.23. The lowest BCUT2D eigenvalue weighted by Crippen LogP contribution is -1.97. The SMILES string of the molecule is C=C/C(F)=C(\CC)OCOO. The number of rotatable bonds is 5. The van der Waals surface area contributed by atoms with Crippen molar-refractivity contribution in [3.63, 3.8) is 0 Å². The minimum absolute atomic E-state index is 0.119. The molecule has 3 nitrogen and oxygen atoms in total. The van der Waals surface area contributed by atoms with Crippen molar-refractivity contribution in [2.45, 2.75) is 13.3 Å². The second kappa shape index (κ2) is 5.88. The van der Waals surface area contributed by atoms with Crippen LogP contribution in [0.3, 0.4) is 0 Å². The molecular formula is C7H11FO3. The van der Waals surface area contributed by atoms with Gasteiger partial charge in [-0.1, -0.05) is 13.5 Å². The smallest absolute Gasteiger partial charge is 0.220 e. The minimum atomic E-state index is -0.537. The first-order valence-electron chi connectivity index (χ1n) is 3.16. The van der Waals surface area contributed by atoms with Gasteiger partial charge in [0.05, 0.1) is 0 Å². The van der Waals surface area contributed by atoms with Crippen LogP contribution in [0, 0.1) is 0 Å². The van der Waals surface area contributed by atoms with Crippen molar-refractivity contribution < 1.29 is 19.3 Å². The lowest BCUT2D eigenvalue weighted by Gasteiger charge is -2.05. The highest BCUT2D eigenvalue weighted by molar-refractivity contribution is 5.12. The summed E-state index contributed by atoms with van der Waals surface area (Å²) in [5.74, 6) is -0.418. The highest BCUT2D eigenvalue weighted by atomic mass is 19.1. The van der Waals surface area contributed by atoms with Crippen molar-refractivity contribution >= 4 is 0 Å². The lowest BCUT2D eigenvalue weighted by atomic mass is 10.3. The van der Waals surface area contributed by atoms with Gasteiger partial charge in [-0.15, -0.1) is 0 Å². The first-order chi connectivity index (χ1) is 5.26. The third-order valence-electron chi connectivity index (χ3n) is 1.05. The fraction of sp³-hybridized carbons (Fsp3) is 0.429. The number of hydrogen-bond acceptors (Lipinski definition) is 3. The zero-order chi connectivity index (χ0) is 8.69. The van der Waals surface area contributed by atoms with Gasteiger partial charge in [0.1, 0.15) is 5.76 Å². The molecule has 0 amide bonds. The maximum atomic E-state index is 12.6. The zero-order valence-electron chi connectivity index (χ0n) is 6.34.